The van der Waals surface area contributed by atoms with E-state index in [0.717, 1.165) is 11.2 Å². The molecule has 0 saturated carbocycles. The quantitative estimate of drug-likeness (QED) is 0.713. The molecule has 2 aromatic heterocycles. The highest BCUT2D eigenvalue weighted by molar-refractivity contribution is 5.96. The molecule has 1 aromatic carbocycles. The van der Waals surface area contributed by atoms with E-state index in [1.807, 2.05) is 47.0 Å². The summed E-state index contributed by atoms with van der Waals surface area (Å²) in [6, 6.07) is 11.2. The third kappa shape index (κ3) is 1.80. The van der Waals surface area contributed by atoms with Crippen molar-refractivity contribution in [3.05, 3.63) is 42.6 Å². The minimum absolute atomic E-state index is 0.0445. The molecule has 0 spiro atoms. The number of nitrogens with two attached hydrogens (primary N) is 1. The van der Waals surface area contributed by atoms with Gasteiger partial charge in [0.25, 0.3) is 5.91 Å². The number of imidazole rings is 1. The minimum atomic E-state index is -0.164. The summed E-state index contributed by atoms with van der Waals surface area (Å²) in [5.41, 5.74) is 9.09. The Bertz CT molecular complexity index is 869. The molecule has 6 nitrogen and oxygen atoms in total. The van der Waals surface area contributed by atoms with Gasteiger partial charge < -0.3 is 15.8 Å². The molecule has 3 heterocycles. The van der Waals surface area contributed by atoms with Gasteiger partial charge in [0.1, 0.15) is 22.9 Å². The van der Waals surface area contributed by atoms with Crippen LogP contribution in [0.25, 0.3) is 16.9 Å². The van der Waals surface area contributed by atoms with Crippen molar-refractivity contribution >= 4 is 23.1 Å². The molecular formula is C15H12N4O2. The number of hydrogen-bond donors (Lipinski definition) is 2. The van der Waals surface area contributed by atoms with Crippen LogP contribution < -0.4 is 15.8 Å². The Kier molecular flexibility index (Phi) is 2.38. The standard InChI is InChI=1S/C15H12N4O2/c16-15-14(18-12-3-1-2-6-19(12)15)9-4-5-11-10(7-9)17-13(20)8-21-11/h1-7H,8,16H2,(H,17,20). The smallest absolute Gasteiger partial charge is 0.262 e. The molecule has 0 aliphatic carbocycles. The molecule has 0 atom stereocenters. The summed E-state index contributed by atoms with van der Waals surface area (Å²) >= 11 is 0. The molecule has 0 fully saturated rings. The number of aromatic nitrogens is 2. The molecule has 104 valence electrons. The maximum absolute atomic E-state index is 11.4. The number of pyridine rings is 1. The topological polar surface area (TPSA) is 81.6 Å². The fourth-order valence-corrected chi connectivity index (χ4v) is 2.46. The maximum Gasteiger partial charge on any atom is 0.262 e. The van der Waals surface area contributed by atoms with Crippen LogP contribution in [0.15, 0.2) is 42.6 Å². The SMILES string of the molecule is Nc1c(-c2ccc3c(c2)NC(=O)CO3)nc2ccccn12. The van der Waals surface area contributed by atoms with E-state index in [0.29, 0.717) is 22.9 Å². The first-order valence-electron chi connectivity index (χ1n) is 6.52. The van der Waals surface area contributed by atoms with Crippen LogP contribution in [0.1, 0.15) is 0 Å². The first kappa shape index (κ1) is 11.8. The van der Waals surface area contributed by atoms with Crippen LogP contribution in [-0.2, 0) is 4.79 Å². The molecule has 3 aromatic rings. The van der Waals surface area contributed by atoms with Gasteiger partial charge in [0.15, 0.2) is 6.61 Å². The number of fused-ring (bicyclic) bond motifs is 2. The summed E-state index contributed by atoms with van der Waals surface area (Å²) in [5.74, 6) is 1.05. The van der Waals surface area contributed by atoms with E-state index in [1.54, 1.807) is 0 Å². The Balaban J connectivity index is 1.87. The monoisotopic (exact) mass is 280 g/mol. The van der Waals surface area contributed by atoms with Gasteiger partial charge in [0, 0.05) is 11.8 Å². The van der Waals surface area contributed by atoms with E-state index in [1.165, 1.54) is 0 Å². The van der Waals surface area contributed by atoms with E-state index in [2.05, 4.69) is 10.3 Å². The second-order valence-electron chi connectivity index (χ2n) is 4.82. The van der Waals surface area contributed by atoms with Gasteiger partial charge in [-0.25, -0.2) is 4.98 Å². The summed E-state index contributed by atoms with van der Waals surface area (Å²) in [6.45, 7) is 0.0445. The number of nitrogens with one attached hydrogen (secondary N) is 1. The summed E-state index contributed by atoms with van der Waals surface area (Å²) in [7, 11) is 0. The van der Waals surface area contributed by atoms with E-state index >= 15 is 0 Å². The van der Waals surface area contributed by atoms with Gasteiger partial charge in [-0.05, 0) is 30.3 Å². The highest BCUT2D eigenvalue weighted by Gasteiger charge is 2.18. The fourth-order valence-electron chi connectivity index (χ4n) is 2.46. The molecule has 1 aliphatic rings. The first-order chi connectivity index (χ1) is 10.2. The van der Waals surface area contributed by atoms with Gasteiger partial charge in [-0.2, -0.15) is 0 Å². The Labute approximate surface area is 120 Å². The van der Waals surface area contributed by atoms with Crippen LogP contribution >= 0.6 is 0 Å². The van der Waals surface area contributed by atoms with Gasteiger partial charge in [0.2, 0.25) is 0 Å². The summed E-state index contributed by atoms with van der Waals surface area (Å²) in [5, 5.41) is 2.78. The Morgan fingerprint density at radius 1 is 1.29 bits per heavy atom. The number of nitrogens with zero attached hydrogens (tertiary/aromatic N) is 2. The van der Waals surface area contributed by atoms with Crippen LogP contribution in [0, 0.1) is 0 Å². The van der Waals surface area contributed by atoms with Crippen molar-refractivity contribution in [2.24, 2.45) is 0 Å². The van der Waals surface area contributed by atoms with E-state index in [9.17, 15) is 4.79 Å². The predicted molar refractivity (Wildman–Crippen MR) is 79.2 cm³/mol. The lowest BCUT2D eigenvalue weighted by atomic mass is 10.1. The average Bonchev–Trinajstić information content (AvgIpc) is 2.84. The number of rotatable bonds is 1. The molecule has 0 bridgehead atoms. The largest absolute Gasteiger partial charge is 0.482 e. The number of hydrogen-bond acceptors (Lipinski definition) is 4. The second-order valence-corrected chi connectivity index (χ2v) is 4.82. The minimum Gasteiger partial charge on any atom is -0.482 e. The molecule has 0 saturated heterocycles. The number of anilines is 2. The number of ether oxygens (including phenoxy) is 1. The molecule has 0 unspecified atom stereocenters. The third-order valence-electron chi connectivity index (χ3n) is 3.45. The van der Waals surface area contributed by atoms with Crippen molar-refractivity contribution in [2.75, 3.05) is 17.7 Å². The number of carbonyl (C=O) groups is 1. The van der Waals surface area contributed by atoms with Gasteiger partial charge in [-0.15, -0.1) is 0 Å². The fraction of sp³-hybridized carbons (Fsp3) is 0.0667. The summed E-state index contributed by atoms with van der Waals surface area (Å²) in [4.78, 5) is 15.9. The lowest BCUT2D eigenvalue weighted by molar-refractivity contribution is -0.118. The van der Waals surface area contributed by atoms with Crippen molar-refractivity contribution < 1.29 is 9.53 Å². The second kappa shape index (κ2) is 4.24. The van der Waals surface area contributed by atoms with Crippen molar-refractivity contribution in [1.82, 2.24) is 9.38 Å². The van der Waals surface area contributed by atoms with Crippen LogP contribution in [0.5, 0.6) is 5.75 Å². The van der Waals surface area contributed by atoms with Crippen molar-refractivity contribution in [3.8, 4) is 17.0 Å². The van der Waals surface area contributed by atoms with Crippen LogP contribution in [0.2, 0.25) is 0 Å². The highest BCUT2D eigenvalue weighted by Crippen LogP contribution is 2.34. The predicted octanol–water partition coefficient (Wildman–Crippen LogP) is 1.91. The van der Waals surface area contributed by atoms with Crippen molar-refractivity contribution in [1.29, 1.82) is 0 Å². The number of nitrogen functional groups attached to an aromatic ring is 1. The molecule has 3 N–H and O–H groups in total. The van der Waals surface area contributed by atoms with E-state index < -0.39 is 0 Å². The highest BCUT2D eigenvalue weighted by atomic mass is 16.5. The van der Waals surface area contributed by atoms with Gasteiger partial charge >= 0.3 is 0 Å². The van der Waals surface area contributed by atoms with Gasteiger partial charge in [0.05, 0.1) is 5.69 Å². The Hall–Kier alpha value is -3.02. The normalized spacial score (nSPS) is 13.6. The van der Waals surface area contributed by atoms with Crippen molar-refractivity contribution in [3.63, 3.8) is 0 Å². The Morgan fingerprint density at radius 2 is 2.19 bits per heavy atom. The number of benzene rings is 1. The molecule has 6 heteroatoms. The van der Waals surface area contributed by atoms with Gasteiger partial charge in [-0.1, -0.05) is 6.07 Å². The molecule has 1 amide bonds. The average molecular weight is 280 g/mol. The molecule has 1 aliphatic heterocycles. The zero-order valence-electron chi connectivity index (χ0n) is 11.0. The molecular weight excluding hydrogens is 268 g/mol. The maximum atomic E-state index is 11.4. The van der Waals surface area contributed by atoms with E-state index in [-0.39, 0.29) is 12.5 Å². The molecule has 0 radical (unpaired) electrons. The summed E-state index contributed by atoms with van der Waals surface area (Å²) in [6.07, 6.45) is 1.87. The lowest BCUT2D eigenvalue weighted by Crippen LogP contribution is -2.25. The van der Waals surface area contributed by atoms with Crippen LogP contribution in [-0.4, -0.2) is 21.9 Å². The first-order valence-corrected chi connectivity index (χ1v) is 6.52. The molecule has 4 rings (SSSR count). The molecule has 21 heavy (non-hydrogen) atoms. The zero-order chi connectivity index (χ0) is 14.4. The number of amides is 1. The van der Waals surface area contributed by atoms with Crippen LogP contribution in [0.4, 0.5) is 11.5 Å². The zero-order valence-corrected chi connectivity index (χ0v) is 11.0. The Morgan fingerprint density at radius 3 is 3.05 bits per heavy atom. The van der Waals surface area contributed by atoms with Gasteiger partial charge in [-0.3, -0.25) is 9.20 Å². The summed E-state index contributed by atoms with van der Waals surface area (Å²) < 4.78 is 7.17. The van der Waals surface area contributed by atoms with E-state index in [4.69, 9.17) is 10.5 Å². The van der Waals surface area contributed by atoms with Crippen molar-refractivity contribution in [2.45, 2.75) is 0 Å². The third-order valence-corrected chi connectivity index (χ3v) is 3.45. The van der Waals surface area contributed by atoms with Crippen LogP contribution in [0.3, 0.4) is 0 Å². The number of carbonyl (C=O) groups excluding carboxylic acids is 1. The lowest BCUT2D eigenvalue weighted by Gasteiger charge is -2.18.